The van der Waals surface area contributed by atoms with Gasteiger partial charge in [-0.3, -0.25) is 5.10 Å². The van der Waals surface area contributed by atoms with Crippen LogP contribution in [0.25, 0.3) is 11.3 Å². The Morgan fingerprint density at radius 1 is 1.15 bits per heavy atom. The number of rotatable bonds is 4. The number of nitrogen functional groups attached to an aromatic ring is 1. The number of nitrogens with one attached hydrogen (secondary N) is 2. The van der Waals surface area contributed by atoms with Crippen molar-refractivity contribution in [2.24, 2.45) is 0 Å². The van der Waals surface area contributed by atoms with Gasteiger partial charge in [0.2, 0.25) is 5.95 Å². The van der Waals surface area contributed by atoms with Crippen molar-refractivity contribution in [3.63, 3.8) is 0 Å². The largest absolute Gasteiger partial charge is 0.383 e. The van der Waals surface area contributed by atoms with E-state index < -0.39 is 9.84 Å². The molecule has 0 aliphatic heterocycles. The summed E-state index contributed by atoms with van der Waals surface area (Å²) in [6.07, 6.45) is 2.78. The molecule has 2 heterocycles. The van der Waals surface area contributed by atoms with Gasteiger partial charge in [0.15, 0.2) is 9.84 Å². The molecule has 136 valence electrons. The average Bonchev–Trinajstić information content (AvgIpc) is 2.86. The fraction of sp³-hybridized carbons (Fsp3) is 0.235. The van der Waals surface area contributed by atoms with E-state index in [-0.39, 0.29) is 10.8 Å². The first kappa shape index (κ1) is 17.9. The first-order valence-electron chi connectivity index (χ1n) is 7.88. The lowest BCUT2D eigenvalue weighted by Gasteiger charge is -2.10. The molecular weight excluding hydrogens is 352 g/mol. The van der Waals surface area contributed by atoms with E-state index in [1.807, 2.05) is 26.8 Å². The third-order valence-electron chi connectivity index (χ3n) is 4.08. The van der Waals surface area contributed by atoms with Crippen LogP contribution in [-0.4, -0.2) is 34.8 Å². The van der Waals surface area contributed by atoms with Gasteiger partial charge in [0.1, 0.15) is 5.82 Å². The van der Waals surface area contributed by atoms with E-state index in [0.29, 0.717) is 17.1 Å². The third-order valence-corrected chi connectivity index (χ3v) is 5.17. The van der Waals surface area contributed by atoms with E-state index in [0.717, 1.165) is 22.5 Å². The molecule has 0 saturated carbocycles. The molecule has 2 aromatic heterocycles. The van der Waals surface area contributed by atoms with Crippen molar-refractivity contribution in [2.75, 3.05) is 17.3 Å². The summed E-state index contributed by atoms with van der Waals surface area (Å²) in [5, 5.41) is 10.1. The zero-order chi connectivity index (χ0) is 19.1. The van der Waals surface area contributed by atoms with Crippen LogP contribution in [0, 0.1) is 20.8 Å². The normalized spacial score (nSPS) is 11.5. The molecule has 0 radical (unpaired) electrons. The molecule has 0 amide bonds. The highest BCUT2D eigenvalue weighted by atomic mass is 32.2. The van der Waals surface area contributed by atoms with Gasteiger partial charge in [0.05, 0.1) is 21.8 Å². The van der Waals surface area contributed by atoms with Crippen molar-refractivity contribution in [1.29, 1.82) is 0 Å². The summed E-state index contributed by atoms with van der Waals surface area (Å²) in [5.41, 5.74) is 10.8. The minimum Gasteiger partial charge on any atom is -0.383 e. The lowest BCUT2D eigenvalue weighted by atomic mass is 10.1. The maximum absolute atomic E-state index is 11.8. The maximum Gasteiger partial charge on any atom is 0.229 e. The highest BCUT2D eigenvalue weighted by Gasteiger charge is 2.14. The Morgan fingerprint density at radius 2 is 1.88 bits per heavy atom. The van der Waals surface area contributed by atoms with E-state index >= 15 is 0 Å². The van der Waals surface area contributed by atoms with Crippen LogP contribution in [0.3, 0.4) is 0 Å². The second-order valence-corrected chi connectivity index (χ2v) is 8.25. The van der Waals surface area contributed by atoms with Crippen LogP contribution in [0.15, 0.2) is 29.3 Å². The number of anilines is 3. The van der Waals surface area contributed by atoms with Crippen LogP contribution >= 0.6 is 0 Å². The van der Waals surface area contributed by atoms with Gasteiger partial charge in [-0.05, 0) is 50.1 Å². The monoisotopic (exact) mass is 372 g/mol. The predicted molar refractivity (Wildman–Crippen MR) is 101 cm³/mol. The molecule has 0 fully saturated rings. The van der Waals surface area contributed by atoms with Gasteiger partial charge in [0.25, 0.3) is 0 Å². The molecule has 0 aliphatic carbocycles. The summed E-state index contributed by atoms with van der Waals surface area (Å²) in [5.74, 6) is 0.579. The molecular formula is C17H20N6O2S. The number of hydrogen-bond donors (Lipinski definition) is 3. The Bertz CT molecular complexity index is 1090. The van der Waals surface area contributed by atoms with Crippen molar-refractivity contribution in [1.82, 2.24) is 20.2 Å². The average molecular weight is 372 g/mol. The minimum atomic E-state index is -3.31. The molecule has 0 bridgehead atoms. The fourth-order valence-electron chi connectivity index (χ4n) is 2.56. The van der Waals surface area contributed by atoms with Crippen LogP contribution in [0.5, 0.6) is 0 Å². The molecule has 0 unspecified atom stereocenters. The van der Waals surface area contributed by atoms with Crippen molar-refractivity contribution < 1.29 is 8.42 Å². The minimum absolute atomic E-state index is 0.230. The summed E-state index contributed by atoms with van der Waals surface area (Å²) in [7, 11) is -3.31. The smallest absolute Gasteiger partial charge is 0.229 e. The Balaban J connectivity index is 1.94. The van der Waals surface area contributed by atoms with Crippen molar-refractivity contribution in [2.45, 2.75) is 25.7 Å². The van der Waals surface area contributed by atoms with Gasteiger partial charge in [-0.25, -0.2) is 13.4 Å². The number of nitrogens with zero attached hydrogens (tertiary/aromatic N) is 3. The van der Waals surface area contributed by atoms with Gasteiger partial charge in [-0.2, -0.15) is 10.1 Å². The maximum atomic E-state index is 11.8. The molecule has 0 aliphatic rings. The predicted octanol–water partition coefficient (Wildman–Crippen LogP) is 2.52. The van der Waals surface area contributed by atoms with Gasteiger partial charge in [0, 0.05) is 18.1 Å². The molecule has 3 rings (SSSR count). The van der Waals surface area contributed by atoms with Crippen LogP contribution in [0.1, 0.15) is 16.8 Å². The molecule has 0 saturated heterocycles. The summed E-state index contributed by atoms with van der Waals surface area (Å²) in [4.78, 5) is 8.79. The topological polar surface area (TPSA) is 127 Å². The van der Waals surface area contributed by atoms with Crippen LogP contribution in [0.2, 0.25) is 0 Å². The standard InChI is InChI=1S/C17H20N6O2S/c1-9-5-12(7-13(6-9)26(4,24)25)20-17-19-8-14(16(18)21-17)15-10(2)11(3)22-23-15/h5-8H,1-4H3,(H,22,23)(H3,18,19,20,21). The third kappa shape index (κ3) is 3.52. The van der Waals surface area contributed by atoms with E-state index in [9.17, 15) is 8.42 Å². The molecule has 9 heteroatoms. The zero-order valence-corrected chi connectivity index (χ0v) is 15.8. The number of hydrogen-bond acceptors (Lipinski definition) is 7. The van der Waals surface area contributed by atoms with Gasteiger partial charge in [-0.1, -0.05) is 0 Å². The fourth-order valence-corrected chi connectivity index (χ4v) is 3.30. The number of sulfone groups is 1. The second-order valence-electron chi connectivity index (χ2n) is 6.23. The molecule has 3 aromatic rings. The van der Waals surface area contributed by atoms with Gasteiger partial charge >= 0.3 is 0 Å². The van der Waals surface area contributed by atoms with Gasteiger partial charge < -0.3 is 11.1 Å². The molecule has 1 aromatic carbocycles. The van der Waals surface area contributed by atoms with Crippen molar-refractivity contribution >= 4 is 27.3 Å². The van der Waals surface area contributed by atoms with Crippen LogP contribution < -0.4 is 11.1 Å². The number of H-pyrrole nitrogens is 1. The lowest BCUT2D eigenvalue weighted by Crippen LogP contribution is -2.04. The molecule has 0 spiro atoms. The molecule has 8 nitrogen and oxygen atoms in total. The summed E-state index contributed by atoms with van der Waals surface area (Å²) in [6.45, 7) is 5.67. The summed E-state index contributed by atoms with van der Waals surface area (Å²) >= 11 is 0. The van der Waals surface area contributed by atoms with E-state index in [1.165, 1.54) is 12.3 Å². The van der Waals surface area contributed by atoms with E-state index in [1.54, 1.807) is 12.3 Å². The van der Waals surface area contributed by atoms with Crippen molar-refractivity contribution in [3.05, 3.63) is 41.2 Å². The zero-order valence-electron chi connectivity index (χ0n) is 15.0. The number of nitrogens with two attached hydrogens (primary N) is 1. The first-order valence-corrected chi connectivity index (χ1v) is 9.77. The Hall–Kier alpha value is -2.94. The van der Waals surface area contributed by atoms with Crippen LogP contribution in [0.4, 0.5) is 17.5 Å². The lowest BCUT2D eigenvalue weighted by molar-refractivity contribution is 0.602. The second kappa shape index (κ2) is 6.41. The van der Waals surface area contributed by atoms with Gasteiger partial charge in [-0.15, -0.1) is 0 Å². The summed E-state index contributed by atoms with van der Waals surface area (Å²) in [6, 6.07) is 4.96. The Morgan fingerprint density at radius 3 is 2.46 bits per heavy atom. The Labute approximate surface area is 151 Å². The van der Waals surface area contributed by atoms with Crippen molar-refractivity contribution in [3.8, 4) is 11.3 Å². The number of aromatic amines is 1. The quantitative estimate of drug-likeness (QED) is 0.642. The number of aryl methyl sites for hydroxylation is 2. The molecule has 26 heavy (non-hydrogen) atoms. The number of aromatic nitrogens is 4. The SMILES string of the molecule is Cc1cc(Nc2ncc(-c3[nH]nc(C)c3C)c(N)n2)cc(S(C)(=O)=O)c1. The van der Waals surface area contributed by atoms with E-state index in [4.69, 9.17) is 5.73 Å². The van der Waals surface area contributed by atoms with Crippen LogP contribution in [-0.2, 0) is 9.84 Å². The molecule has 0 atom stereocenters. The molecule has 4 N–H and O–H groups in total. The first-order chi connectivity index (χ1) is 12.1. The van der Waals surface area contributed by atoms with E-state index in [2.05, 4.69) is 25.5 Å². The highest BCUT2D eigenvalue weighted by molar-refractivity contribution is 7.90. The Kier molecular flexibility index (Phi) is 4.41. The summed E-state index contributed by atoms with van der Waals surface area (Å²) < 4.78 is 23.6. The number of benzene rings is 1. The highest BCUT2D eigenvalue weighted by Crippen LogP contribution is 2.28.